The topological polar surface area (TPSA) is 77.5 Å². The summed E-state index contributed by atoms with van der Waals surface area (Å²) in [5, 5.41) is 9.09. The number of hydrogen-bond donors (Lipinski definition) is 0. The number of nitrogens with zero attached hydrogens (tertiary/aromatic N) is 6. The molecule has 1 amide bonds. The van der Waals surface area contributed by atoms with Crippen LogP contribution in [-0.2, 0) is 11.8 Å². The van der Waals surface area contributed by atoms with E-state index in [1.807, 2.05) is 40.1 Å². The highest BCUT2D eigenvalue weighted by molar-refractivity contribution is 7.99. The molecule has 8 nitrogen and oxygen atoms in total. The van der Waals surface area contributed by atoms with Gasteiger partial charge in [-0.15, -0.1) is 11.8 Å². The van der Waals surface area contributed by atoms with Crippen LogP contribution in [0.25, 0.3) is 16.8 Å². The number of aromatic nitrogens is 5. The molecule has 1 atom stereocenters. The molecular formula is C19H23ClN6O2S. The van der Waals surface area contributed by atoms with Gasteiger partial charge in [0, 0.05) is 43.2 Å². The van der Waals surface area contributed by atoms with Gasteiger partial charge in [0.05, 0.1) is 23.3 Å². The summed E-state index contributed by atoms with van der Waals surface area (Å²) in [5.41, 5.74) is 2.77. The largest absolute Gasteiger partial charge is 0.444 e. The molecule has 0 saturated carbocycles. The molecule has 4 rings (SSSR count). The van der Waals surface area contributed by atoms with Crippen molar-refractivity contribution < 1.29 is 9.53 Å². The zero-order valence-electron chi connectivity index (χ0n) is 16.8. The Kier molecular flexibility index (Phi) is 5.20. The van der Waals surface area contributed by atoms with Crippen LogP contribution in [0.5, 0.6) is 0 Å². The SMILES string of the molecule is Cn1cc(-c2cnn3c(Cl)cc(C4CN(C(=O)OC(C)(C)C)CCS4)nc23)cn1. The first kappa shape index (κ1) is 20.0. The molecule has 10 heteroatoms. The molecule has 0 aromatic carbocycles. The van der Waals surface area contributed by atoms with Gasteiger partial charge in [0.2, 0.25) is 0 Å². The lowest BCUT2D eigenvalue weighted by Gasteiger charge is -2.33. The van der Waals surface area contributed by atoms with Crippen molar-refractivity contribution in [3.63, 3.8) is 0 Å². The maximum Gasteiger partial charge on any atom is 0.410 e. The predicted octanol–water partition coefficient (Wildman–Crippen LogP) is 3.81. The number of fused-ring (bicyclic) bond motifs is 1. The van der Waals surface area contributed by atoms with Crippen LogP contribution in [0, 0.1) is 0 Å². The van der Waals surface area contributed by atoms with Crippen molar-refractivity contribution in [2.24, 2.45) is 7.05 Å². The molecule has 0 spiro atoms. The quantitative estimate of drug-likeness (QED) is 0.571. The number of carbonyl (C=O) groups is 1. The molecular weight excluding hydrogens is 412 g/mol. The Morgan fingerprint density at radius 3 is 2.79 bits per heavy atom. The van der Waals surface area contributed by atoms with Crippen molar-refractivity contribution >= 4 is 35.1 Å². The number of rotatable bonds is 2. The number of hydrogen-bond acceptors (Lipinski definition) is 6. The van der Waals surface area contributed by atoms with Gasteiger partial charge in [0.25, 0.3) is 0 Å². The van der Waals surface area contributed by atoms with Crippen molar-refractivity contribution in [2.75, 3.05) is 18.8 Å². The second kappa shape index (κ2) is 7.53. The standard InChI is InChI=1S/C19H23ClN6O2S/c1-19(2,3)28-18(27)25-5-6-29-15(11-25)14-7-16(20)26-17(23-14)13(9-22-26)12-8-21-24(4)10-12/h7-10,15H,5-6,11H2,1-4H3. The van der Waals surface area contributed by atoms with E-state index >= 15 is 0 Å². The van der Waals surface area contributed by atoms with Crippen molar-refractivity contribution in [1.29, 1.82) is 0 Å². The highest BCUT2D eigenvalue weighted by atomic mass is 35.5. The van der Waals surface area contributed by atoms with Crippen LogP contribution in [0.4, 0.5) is 4.79 Å². The summed E-state index contributed by atoms with van der Waals surface area (Å²) in [5.74, 6) is 0.809. The van der Waals surface area contributed by atoms with Gasteiger partial charge in [-0.1, -0.05) is 11.6 Å². The molecule has 3 aromatic rings. The van der Waals surface area contributed by atoms with Crippen LogP contribution >= 0.6 is 23.4 Å². The van der Waals surface area contributed by atoms with E-state index in [1.54, 1.807) is 38.3 Å². The average Bonchev–Trinajstić information content (AvgIpc) is 3.26. The van der Waals surface area contributed by atoms with E-state index in [0.717, 1.165) is 22.6 Å². The number of aryl methyl sites for hydroxylation is 1. The fraction of sp³-hybridized carbons (Fsp3) is 0.474. The third-order valence-electron chi connectivity index (χ3n) is 4.51. The Hall–Kier alpha value is -2.26. The highest BCUT2D eigenvalue weighted by Gasteiger charge is 2.30. The van der Waals surface area contributed by atoms with Crippen LogP contribution < -0.4 is 0 Å². The zero-order valence-corrected chi connectivity index (χ0v) is 18.4. The Balaban J connectivity index is 1.64. The molecule has 1 unspecified atom stereocenters. The van der Waals surface area contributed by atoms with Crippen LogP contribution in [0.2, 0.25) is 5.15 Å². The van der Waals surface area contributed by atoms with Crippen LogP contribution in [0.3, 0.4) is 0 Å². The normalized spacial score (nSPS) is 17.7. The minimum Gasteiger partial charge on any atom is -0.444 e. The molecule has 1 aliphatic heterocycles. The van der Waals surface area contributed by atoms with Gasteiger partial charge in [0.15, 0.2) is 5.65 Å². The van der Waals surface area contributed by atoms with Crippen LogP contribution in [-0.4, -0.2) is 59.8 Å². The third kappa shape index (κ3) is 4.20. The molecule has 0 radical (unpaired) electrons. The zero-order chi connectivity index (χ0) is 20.8. The fourth-order valence-electron chi connectivity index (χ4n) is 3.19. The van der Waals surface area contributed by atoms with Gasteiger partial charge < -0.3 is 9.64 Å². The predicted molar refractivity (Wildman–Crippen MR) is 113 cm³/mol. The summed E-state index contributed by atoms with van der Waals surface area (Å²) in [6.45, 7) is 6.79. The van der Waals surface area contributed by atoms with E-state index in [2.05, 4.69) is 10.2 Å². The lowest BCUT2D eigenvalue weighted by molar-refractivity contribution is 0.0256. The van der Waals surface area contributed by atoms with E-state index in [4.69, 9.17) is 21.3 Å². The smallest absolute Gasteiger partial charge is 0.410 e. The molecule has 154 valence electrons. The number of thioether (sulfide) groups is 1. The summed E-state index contributed by atoms with van der Waals surface area (Å²) < 4.78 is 8.88. The lowest BCUT2D eigenvalue weighted by Crippen LogP contribution is -2.42. The molecule has 1 saturated heterocycles. The van der Waals surface area contributed by atoms with Gasteiger partial charge in [-0.2, -0.15) is 10.2 Å². The lowest BCUT2D eigenvalue weighted by atomic mass is 10.2. The molecule has 29 heavy (non-hydrogen) atoms. The minimum atomic E-state index is -0.520. The molecule has 1 fully saturated rings. The van der Waals surface area contributed by atoms with Gasteiger partial charge in [-0.3, -0.25) is 4.68 Å². The fourth-order valence-corrected chi connectivity index (χ4v) is 4.62. The van der Waals surface area contributed by atoms with Crippen molar-refractivity contribution in [1.82, 2.24) is 29.3 Å². The number of amides is 1. The first-order chi connectivity index (χ1) is 13.7. The number of halogens is 1. The van der Waals surface area contributed by atoms with Gasteiger partial charge >= 0.3 is 6.09 Å². The van der Waals surface area contributed by atoms with E-state index in [9.17, 15) is 4.79 Å². The third-order valence-corrected chi connectivity index (χ3v) is 5.99. The Bertz CT molecular complexity index is 1060. The van der Waals surface area contributed by atoms with Crippen LogP contribution in [0.1, 0.15) is 31.7 Å². The van der Waals surface area contributed by atoms with Gasteiger partial charge in [-0.25, -0.2) is 14.3 Å². The minimum absolute atomic E-state index is 0.00965. The summed E-state index contributed by atoms with van der Waals surface area (Å²) in [7, 11) is 1.87. The molecule has 3 aromatic heterocycles. The Morgan fingerprint density at radius 1 is 1.31 bits per heavy atom. The number of carbonyl (C=O) groups excluding carboxylic acids is 1. The van der Waals surface area contributed by atoms with E-state index in [1.165, 1.54) is 0 Å². The van der Waals surface area contributed by atoms with E-state index < -0.39 is 5.60 Å². The Morgan fingerprint density at radius 2 is 2.10 bits per heavy atom. The molecule has 0 bridgehead atoms. The van der Waals surface area contributed by atoms with Crippen LogP contribution in [0.15, 0.2) is 24.7 Å². The highest BCUT2D eigenvalue weighted by Crippen LogP contribution is 2.35. The Labute approximate surface area is 178 Å². The first-order valence-corrected chi connectivity index (χ1v) is 10.8. The first-order valence-electron chi connectivity index (χ1n) is 9.34. The van der Waals surface area contributed by atoms with E-state index in [-0.39, 0.29) is 11.3 Å². The molecule has 0 aliphatic carbocycles. The van der Waals surface area contributed by atoms with Crippen molar-refractivity contribution in [3.8, 4) is 11.1 Å². The monoisotopic (exact) mass is 434 g/mol. The number of ether oxygens (including phenoxy) is 1. The second-order valence-corrected chi connectivity index (χ2v) is 9.68. The molecule has 0 N–H and O–H groups in total. The maximum absolute atomic E-state index is 12.5. The molecule has 1 aliphatic rings. The summed E-state index contributed by atoms with van der Waals surface area (Å²) in [6.07, 6.45) is 5.14. The summed E-state index contributed by atoms with van der Waals surface area (Å²) >= 11 is 8.26. The average molecular weight is 435 g/mol. The second-order valence-electron chi connectivity index (χ2n) is 7.99. The van der Waals surface area contributed by atoms with Gasteiger partial charge in [0.1, 0.15) is 10.8 Å². The maximum atomic E-state index is 12.5. The molecule has 4 heterocycles. The summed E-state index contributed by atoms with van der Waals surface area (Å²) in [4.78, 5) is 19.1. The van der Waals surface area contributed by atoms with E-state index in [0.29, 0.717) is 23.9 Å². The van der Waals surface area contributed by atoms with Crippen molar-refractivity contribution in [2.45, 2.75) is 31.6 Å². The summed E-state index contributed by atoms with van der Waals surface area (Å²) in [6, 6.07) is 1.82. The van der Waals surface area contributed by atoms with Crippen molar-refractivity contribution in [3.05, 3.63) is 35.5 Å². The van der Waals surface area contributed by atoms with Gasteiger partial charge in [-0.05, 0) is 26.8 Å².